The highest BCUT2D eigenvalue weighted by atomic mass is 32.2. The van der Waals surface area contributed by atoms with Crippen LogP contribution in [0.2, 0.25) is 0 Å². The summed E-state index contributed by atoms with van der Waals surface area (Å²) in [6.07, 6.45) is 6.56. The molecule has 0 aliphatic carbocycles. The van der Waals surface area contributed by atoms with Crippen LogP contribution in [-0.2, 0) is 23.2 Å². The lowest BCUT2D eigenvalue weighted by Gasteiger charge is -2.29. The number of hydrogen-bond donors (Lipinski definition) is 2. The maximum absolute atomic E-state index is 13.7. The van der Waals surface area contributed by atoms with Crippen molar-refractivity contribution in [1.29, 1.82) is 0 Å². The molecule has 1 aliphatic heterocycles. The summed E-state index contributed by atoms with van der Waals surface area (Å²) in [5.41, 5.74) is 6.24. The van der Waals surface area contributed by atoms with Crippen LogP contribution in [0.4, 0.5) is 0 Å². The third kappa shape index (κ3) is 5.54. The van der Waals surface area contributed by atoms with Crippen LogP contribution in [0, 0.1) is 6.92 Å². The minimum Gasteiger partial charge on any atom is -0.392 e. The lowest BCUT2D eigenvalue weighted by Crippen LogP contribution is -2.37. The van der Waals surface area contributed by atoms with Crippen LogP contribution in [0.5, 0.6) is 0 Å². The molecule has 2 aromatic carbocycles. The van der Waals surface area contributed by atoms with Crippen LogP contribution in [-0.4, -0.2) is 56.7 Å². The Hall–Kier alpha value is -3.89. The molecule has 0 saturated carbocycles. The lowest BCUT2D eigenvalue weighted by atomic mass is 10.0. The molecular weight excluding hydrogens is 536 g/mol. The maximum atomic E-state index is 13.7. The van der Waals surface area contributed by atoms with Gasteiger partial charge in [0.1, 0.15) is 0 Å². The predicted molar refractivity (Wildman–Crippen MR) is 159 cm³/mol. The number of nitrogens with zero attached hydrogens (tertiary/aromatic N) is 4. The first-order valence-corrected chi connectivity index (χ1v) is 15.1. The van der Waals surface area contributed by atoms with Crippen molar-refractivity contribution in [3.8, 4) is 22.3 Å². The normalized spacial score (nSPS) is 16.3. The maximum Gasteiger partial charge on any atom is 0.269 e. The van der Waals surface area contributed by atoms with E-state index in [1.165, 1.54) is 9.54 Å². The molecule has 8 nitrogen and oxygen atoms in total. The van der Waals surface area contributed by atoms with Gasteiger partial charge in [0.15, 0.2) is 5.65 Å². The van der Waals surface area contributed by atoms with Crippen molar-refractivity contribution in [2.75, 3.05) is 13.1 Å². The number of fused-ring (bicyclic) bond motifs is 1. The van der Waals surface area contributed by atoms with Gasteiger partial charge in [-0.1, -0.05) is 48.0 Å². The molecule has 4 heterocycles. The zero-order valence-electron chi connectivity index (χ0n) is 22.8. The average molecular weight is 569 g/mol. The van der Waals surface area contributed by atoms with Crippen LogP contribution < -0.4 is 0 Å². The number of rotatable bonds is 7. The molecular formula is C32H32N4O4S. The summed E-state index contributed by atoms with van der Waals surface area (Å²) in [7, 11) is -3.91. The standard InChI is InChI=1S/C32H32N4O4S/c1-22-4-12-29(13-5-22)41(39,40)36-20-31(25-10-11-27(21-37)33-16-25)30-15-26(17-34-32(30)36)24-8-6-23(7-9-24)18-35-14-2-3-28(38)19-35/h4-13,15-17,20,28,37-38H,2-3,14,18-19,21H2,1H3. The molecule has 41 heavy (non-hydrogen) atoms. The number of hydrogen-bond acceptors (Lipinski definition) is 7. The number of piperidine rings is 1. The Balaban J connectivity index is 1.40. The van der Waals surface area contributed by atoms with Gasteiger partial charge >= 0.3 is 0 Å². The van der Waals surface area contributed by atoms with E-state index in [0.717, 1.165) is 48.2 Å². The van der Waals surface area contributed by atoms with E-state index >= 15 is 0 Å². The number of benzene rings is 2. The zero-order valence-corrected chi connectivity index (χ0v) is 23.6. The van der Waals surface area contributed by atoms with E-state index in [1.54, 1.807) is 48.9 Å². The van der Waals surface area contributed by atoms with Gasteiger partial charge in [0, 0.05) is 53.8 Å². The molecule has 5 aromatic rings. The Bertz CT molecular complexity index is 1780. The Morgan fingerprint density at radius 3 is 2.34 bits per heavy atom. The Labute approximate surface area is 239 Å². The van der Waals surface area contributed by atoms with Gasteiger partial charge < -0.3 is 10.2 Å². The van der Waals surface area contributed by atoms with E-state index in [4.69, 9.17) is 0 Å². The van der Waals surface area contributed by atoms with Gasteiger partial charge in [0.25, 0.3) is 10.0 Å². The lowest BCUT2D eigenvalue weighted by molar-refractivity contribution is 0.0668. The quantitative estimate of drug-likeness (QED) is 0.291. The van der Waals surface area contributed by atoms with Gasteiger partial charge in [-0.3, -0.25) is 9.88 Å². The first-order chi connectivity index (χ1) is 19.8. The van der Waals surface area contributed by atoms with Crippen molar-refractivity contribution in [2.24, 2.45) is 0 Å². The molecule has 1 unspecified atom stereocenters. The third-order valence-electron chi connectivity index (χ3n) is 7.66. The number of aryl methyl sites for hydroxylation is 1. The minimum atomic E-state index is -3.91. The molecule has 1 atom stereocenters. The molecule has 0 spiro atoms. The molecule has 6 rings (SSSR count). The number of aliphatic hydroxyl groups is 2. The van der Waals surface area contributed by atoms with Gasteiger partial charge in [-0.25, -0.2) is 17.4 Å². The summed E-state index contributed by atoms with van der Waals surface area (Å²) in [6, 6.07) is 20.6. The highest BCUT2D eigenvalue weighted by Crippen LogP contribution is 2.34. The molecule has 3 aromatic heterocycles. The van der Waals surface area contributed by atoms with E-state index in [2.05, 4.69) is 39.1 Å². The molecule has 1 saturated heterocycles. The van der Waals surface area contributed by atoms with Gasteiger partial charge in [-0.05, 0) is 61.7 Å². The molecule has 1 fully saturated rings. The Morgan fingerprint density at radius 1 is 0.927 bits per heavy atom. The van der Waals surface area contributed by atoms with Crippen LogP contribution in [0.25, 0.3) is 33.3 Å². The number of pyridine rings is 2. The van der Waals surface area contributed by atoms with Gasteiger partial charge in [-0.2, -0.15) is 0 Å². The highest BCUT2D eigenvalue weighted by Gasteiger charge is 2.24. The van der Waals surface area contributed by atoms with Crippen LogP contribution in [0.15, 0.2) is 90.2 Å². The molecule has 2 N–H and O–H groups in total. The summed E-state index contributed by atoms with van der Waals surface area (Å²) in [5.74, 6) is 0. The van der Waals surface area contributed by atoms with Gasteiger partial charge in [-0.15, -0.1) is 0 Å². The Kier molecular flexibility index (Phi) is 7.44. The molecule has 1 aliphatic rings. The van der Waals surface area contributed by atoms with E-state index in [-0.39, 0.29) is 17.6 Å². The van der Waals surface area contributed by atoms with Crippen molar-refractivity contribution < 1.29 is 18.6 Å². The van der Waals surface area contributed by atoms with E-state index in [0.29, 0.717) is 28.8 Å². The van der Waals surface area contributed by atoms with Crippen molar-refractivity contribution in [2.45, 2.75) is 43.9 Å². The van der Waals surface area contributed by atoms with Crippen molar-refractivity contribution >= 4 is 21.1 Å². The van der Waals surface area contributed by atoms with Crippen molar-refractivity contribution in [1.82, 2.24) is 18.8 Å². The average Bonchev–Trinajstić information content (AvgIpc) is 3.38. The van der Waals surface area contributed by atoms with Gasteiger partial charge in [0.05, 0.1) is 23.3 Å². The van der Waals surface area contributed by atoms with E-state index in [1.807, 2.05) is 19.1 Å². The number of likely N-dealkylation sites (tertiary alicyclic amines) is 1. The molecule has 0 bridgehead atoms. The topological polar surface area (TPSA) is 109 Å². The van der Waals surface area contributed by atoms with Crippen LogP contribution in [0.3, 0.4) is 0 Å². The van der Waals surface area contributed by atoms with Crippen molar-refractivity contribution in [3.63, 3.8) is 0 Å². The van der Waals surface area contributed by atoms with Gasteiger partial charge in [0.2, 0.25) is 0 Å². The number of aliphatic hydroxyl groups excluding tert-OH is 2. The summed E-state index contributed by atoms with van der Waals surface area (Å²) in [6.45, 7) is 4.20. The second-order valence-electron chi connectivity index (χ2n) is 10.7. The summed E-state index contributed by atoms with van der Waals surface area (Å²) in [5, 5.41) is 20.1. The molecule has 9 heteroatoms. The van der Waals surface area contributed by atoms with Crippen LogP contribution >= 0.6 is 0 Å². The van der Waals surface area contributed by atoms with Crippen molar-refractivity contribution in [3.05, 3.63) is 102 Å². The fourth-order valence-corrected chi connectivity index (χ4v) is 6.71. The molecule has 210 valence electrons. The van der Waals surface area contributed by atoms with E-state index < -0.39 is 10.0 Å². The number of aromatic nitrogens is 3. The summed E-state index contributed by atoms with van der Waals surface area (Å²) in [4.78, 5) is 11.4. The second-order valence-corrected chi connectivity index (χ2v) is 12.5. The summed E-state index contributed by atoms with van der Waals surface area (Å²) >= 11 is 0. The fraction of sp³-hybridized carbons (Fsp3) is 0.250. The third-order valence-corrected chi connectivity index (χ3v) is 9.33. The van der Waals surface area contributed by atoms with Crippen LogP contribution in [0.1, 0.15) is 29.7 Å². The zero-order chi connectivity index (χ0) is 28.6. The molecule has 0 amide bonds. The minimum absolute atomic E-state index is 0.177. The highest BCUT2D eigenvalue weighted by molar-refractivity contribution is 7.90. The monoisotopic (exact) mass is 568 g/mol. The first-order valence-electron chi connectivity index (χ1n) is 13.7. The summed E-state index contributed by atoms with van der Waals surface area (Å²) < 4.78 is 28.7. The first kappa shape index (κ1) is 27.3. The van der Waals surface area contributed by atoms with E-state index in [9.17, 15) is 18.6 Å². The largest absolute Gasteiger partial charge is 0.392 e. The Morgan fingerprint density at radius 2 is 1.66 bits per heavy atom. The smallest absolute Gasteiger partial charge is 0.269 e. The second kappa shape index (κ2) is 11.2. The number of β-amino-alcohol motifs (C(OH)–C–C–N with tert-alkyl or cyclic N) is 1. The fourth-order valence-electron chi connectivity index (χ4n) is 5.39. The molecule has 0 radical (unpaired) electrons. The SMILES string of the molecule is Cc1ccc(S(=O)(=O)n2cc(-c3ccc(CO)nc3)c3cc(-c4ccc(CN5CCCC(O)C5)cc4)cnc32)cc1. The predicted octanol–water partition coefficient (Wildman–Crippen LogP) is 4.76.